The predicted molar refractivity (Wildman–Crippen MR) is 71.0 cm³/mol. The maximum Gasteiger partial charge on any atom is 0.338 e. The van der Waals surface area contributed by atoms with E-state index in [1.54, 1.807) is 0 Å². The fraction of sp³-hybridized carbons (Fsp3) is 0.533. The van der Waals surface area contributed by atoms with Gasteiger partial charge in [-0.3, -0.25) is 0 Å². The van der Waals surface area contributed by atoms with E-state index < -0.39 is 0 Å². The van der Waals surface area contributed by atoms with Crippen LogP contribution in [0.3, 0.4) is 0 Å². The lowest BCUT2D eigenvalue weighted by atomic mass is 10.0. The summed E-state index contributed by atoms with van der Waals surface area (Å²) in [4.78, 5) is 13.6. The van der Waals surface area contributed by atoms with Crippen LogP contribution in [0.1, 0.15) is 34.3 Å². The Kier molecular flexibility index (Phi) is 4.02. The third-order valence-electron chi connectivity index (χ3n) is 3.80. The van der Waals surface area contributed by atoms with Crippen LogP contribution in [0.15, 0.2) is 18.2 Å². The van der Waals surface area contributed by atoms with Gasteiger partial charge in [0.2, 0.25) is 0 Å². The van der Waals surface area contributed by atoms with Gasteiger partial charge in [-0.2, -0.15) is 0 Å². The van der Waals surface area contributed by atoms with Gasteiger partial charge in [0.15, 0.2) is 6.10 Å². The highest BCUT2D eigenvalue weighted by molar-refractivity contribution is 5.91. The van der Waals surface area contributed by atoms with Gasteiger partial charge >= 0.3 is 5.97 Å². The Morgan fingerprint density at radius 3 is 2.89 bits per heavy atom. The summed E-state index contributed by atoms with van der Waals surface area (Å²) in [5, 5.41) is 0. The number of rotatable bonds is 2. The first-order valence-corrected chi connectivity index (χ1v) is 6.66. The quantitative estimate of drug-likeness (QED) is 0.796. The average molecular weight is 248 g/mol. The molecule has 0 spiro atoms. The molecule has 0 bridgehead atoms. The molecule has 1 aromatic carbocycles. The Morgan fingerprint density at radius 2 is 2.17 bits per heavy atom. The standard InChI is InChI=1S/C15H21NO2/c1-11-6-4-8-14(12(11)2)15(17)18-13-7-5-9-16(3)10-13/h4,6,8,13H,5,7,9-10H2,1-3H3/p+1/t13-/m0/s1. The number of hydrogen-bond acceptors (Lipinski definition) is 2. The second-order valence-corrected chi connectivity index (χ2v) is 5.33. The molecule has 18 heavy (non-hydrogen) atoms. The monoisotopic (exact) mass is 248 g/mol. The molecule has 1 fully saturated rings. The second-order valence-electron chi connectivity index (χ2n) is 5.33. The third-order valence-corrected chi connectivity index (χ3v) is 3.80. The van der Waals surface area contributed by atoms with Crippen molar-refractivity contribution < 1.29 is 14.4 Å². The van der Waals surface area contributed by atoms with Gasteiger partial charge in [-0.25, -0.2) is 4.79 Å². The number of likely N-dealkylation sites (tertiary alicyclic amines) is 1. The first-order chi connectivity index (χ1) is 8.58. The average Bonchev–Trinajstić information content (AvgIpc) is 2.32. The maximum atomic E-state index is 12.2. The molecule has 1 unspecified atom stereocenters. The molecule has 1 aliphatic heterocycles. The van der Waals surface area contributed by atoms with E-state index in [4.69, 9.17) is 4.74 Å². The molecule has 0 saturated carbocycles. The molecule has 0 aliphatic carbocycles. The van der Waals surface area contributed by atoms with Crippen molar-refractivity contribution in [3.63, 3.8) is 0 Å². The Bertz CT molecular complexity index is 442. The molecule has 0 aromatic heterocycles. The van der Waals surface area contributed by atoms with E-state index in [1.165, 1.54) is 11.4 Å². The lowest BCUT2D eigenvalue weighted by Crippen LogP contribution is -3.11. The zero-order valence-corrected chi connectivity index (χ0v) is 11.5. The van der Waals surface area contributed by atoms with Crippen LogP contribution < -0.4 is 4.90 Å². The summed E-state index contributed by atoms with van der Waals surface area (Å²) in [7, 11) is 2.15. The van der Waals surface area contributed by atoms with Gasteiger partial charge in [0.1, 0.15) is 6.54 Å². The summed E-state index contributed by atoms with van der Waals surface area (Å²) in [6.07, 6.45) is 2.20. The molecule has 1 saturated heterocycles. The Labute approximate surface area is 109 Å². The second kappa shape index (κ2) is 5.53. The highest BCUT2D eigenvalue weighted by atomic mass is 16.5. The number of hydrogen-bond donors (Lipinski definition) is 1. The fourth-order valence-corrected chi connectivity index (χ4v) is 2.51. The highest BCUT2D eigenvalue weighted by Gasteiger charge is 2.24. The number of benzene rings is 1. The van der Waals surface area contributed by atoms with Crippen LogP contribution in [-0.4, -0.2) is 32.2 Å². The van der Waals surface area contributed by atoms with Gasteiger partial charge in [0.05, 0.1) is 19.2 Å². The first kappa shape index (κ1) is 13.1. The number of aryl methyl sites for hydroxylation is 1. The van der Waals surface area contributed by atoms with Crippen LogP contribution in [-0.2, 0) is 4.74 Å². The van der Waals surface area contributed by atoms with Crippen molar-refractivity contribution in [2.24, 2.45) is 0 Å². The van der Waals surface area contributed by atoms with Gasteiger partial charge in [-0.1, -0.05) is 12.1 Å². The molecule has 3 heteroatoms. The molecule has 1 aliphatic rings. The summed E-state index contributed by atoms with van der Waals surface area (Å²) >= 11 is 0. The molecule has 1 aromatic rings. The molecule has 1 heterocycles. The van der Waals surface area contributed by atoms with Crippen molar-refractivity contribution in [2.45, 2.75) is 32.8 Å². The molecule has 0 amide bonds. The number of nitrogens with one attached hydrogen (secondary N) is 1. The third kappa shape index (κ3) is 2.91. The molecule has 0 radical (unpaired) electrons. The SMILES string of the molecule is Cc1cccc(C(=O)O[C@H]2CCC[NH+](C)C2)c1C. The van der Waals surface area contributed by atoms with E-state index in [1.807, 2.05) is 32.0 Å². The van der Waals surface area contributed by atoms with Gasteiger partial charge in [-0.15, -0.1) is 0 Å². The molecule has 3 nitrogen and oxygen atoms in total. The van der Waals surface area contributed by atoms with Crippen LogP contribution in [0.25, 0.3) is 0 Å². The minimum atomic E-state index is -0.170. The molecule has 2 rings (SSSR count). The van der Waals surface area contributed by atoms with Gasteiger partial charge < -0.3 is 9.64 Å². The van der Waals surface area contributed by atoms with E-state index >= 15 is 0 Å². The molecule has 1 N–H and O–H groups in total. The summed E-state index contributed by atoms with van der Waals surface area (Å²) in [6, 6.07) is 5.78. The predicted octanol–water partition coefficient (Wildman–Crippen LogP) is 1.14. The smallest absolute Gasteiger partial charge is 0.338 e. The van der Waals surface area contributed by atoms with Gasteiger partial charge in [-0.05, 0) is 37.5 Å². The van der Waals surface area contributed by atoms with E-state index in [0.29, 0.717) is 5.56 Å². The lowest BCUT2D eigenvalue weighted by molar-refractivity contribution is -0.888. The summed E-state index contributed by atoms with van der Waals surface area (Å²) < 4.78 is 5.62. The van der Waals surface area contributed by atoms with Crippen LogP contribution in [0, 0.1) is 13.8 Å². The minimum Gasteiger partial charge on any atom is -0.453 e. The number of esters is 1. The number of quaternary nitrogens is 1. The summed E-state index contributed by atoms with van der Waals surface area (Å²) in [6.45, 7) is 6.10. The van der Waals surface area contributed by atoms with E-state index in [0.717, 1.165) is 30.5 Å². The van der Waals surface area contributed by atoms with Crippen LogP contribution >= 0.6 is 0 Å². The molecule has 98 valence electrons. The van der Waals surface area contributed by atoms with Crippen molar-refractivity contribution >= 4 is 5.97 Å². The van der Waals surface area contributed by atoms with Crippen LogP contribution in [0.5, 0.6) is 0 Å². The highest BCUT2D eigenvalue weighted by Crippen LogP contribution is 2.15. The van der Waals surface area contributed by atoms with E-state index in [-0.39, 0.29) is 12.1 Å². The van der Waals surface area contributed by atoms with Crippen molar-refractivity contribution in [3.8, 4) is 0 Å². The normalized spacial score (nSPS) is 23.7. The topological polar surface area (TPSA) is 30.7 Å². The zero-order valence-electron chi connectivity index (χ0n) is 11.5. The zero-order chi connectivity index (χ0) is 13.1. The summed E-state index contributed by atoms with van der Waals surface area (Å²) in [5.74, 6) is -0.170. The van der Waals surface area contributed by atoms with E-state index in [9.17, 15) is 4.79 Å². The van der Waals surface area contributed by atoms with Crippen molar-refractivity contribution in [1.82, 2.24) is 0 Å². The van der Waals surface area contributed by atoms with Crippen LogP contribution in [0.4, 0.5) is 0 Å². The van der Waals surface area contributed by atoms with Crippen LogP contribution in [0.2, 0.25) is 0 Å². The number of piperidine rings is 1. The number of carbonyl (C=O) groups excluding carboxylic acids is 1. The molecule has 2 atom stereocenters. The fourth-order valence-electron chi connectivity index (χ4n) is 2.51. The largest absolute Gasteiger partial charge is 0.453 e. The lowest BCUT2D eigenvalue weighted by Gasteiger charge is -2.26. The summed E-state index contributed by atoms with van der Waals surface area (Å²) in [5.41, 5.74) is 2.87. The Balaban J connectivity index is 2.05. The molecular formula is C15H22NO2+. The van der Waals surface area contributed by atoms with Crippen molar-refractivity contribution in [1.29, 1.82) is 0 Å². The maximum absolute atomic E-state index is 12.2. The number of ether oxygens (including phenoxy) is 1. The van der Waals surface area contributed by atoms with Gasteiger partial charge in [0, 0.05) is 6.42 Å². The van der Waals surface area contributed by atoms with Crippen molar-refractivity contribution in [2.75, 3.05) is 20.1 Å². The number of carbonyl (C=O) groups is 1. The van der Waals surface area contributed by atoms with Crippen molar-refractivity contribution in [3.05, 3.63) is 34.9 Å². The van der Waals surface area contributed by atoms with Gasteiger partial charge in [0.25, 0.3) is 0 Å². The Hall–Kier alpha value is -1.35. The first-order valence-electron chi connectivity index (χ1n) is 6.66. The Morgan fingerprint density at radius 1 is 1.39 bits per heavy atom. The number of likely N-dealkylation sites (N-methyl/N-ethyl adjacent to an activating group) is 1. The molecular weight excluding hydrogens is 226 g/mol. The van der Waals surface area contributed by atoms with E-state index in [2.05, 4.69) is 7.05 Å². The minimum absolute atomic E-state index is 0.0752.